The van der Waals surface area contributed by atoms with Gasteiger partial charge in [-0.1, -0.05) is 62.3 Å². The van der Waals surface area contributed by atoms with E-state index in [9.17, 15) is 0 Å². The van der Waals surface area contributed by atoms with Crippen LogP contribution in [0.5, 0.6) is 0 Å². The molecular formula is C13H27P. The second-order valence-corrected chi connectivity index (χ2v) is 10.8. The summed E-state index contributed by atoms with van der Waals surface area (Å²) in [6.07, 6.45) is 5.96. The van der Waals surface area contributed by atoms with Gasteiger partial charge in [-0.05, 0) is 28.8 Å². The van der Waals surface area contributed by atoms with Gasteiger partial charge in [0.25, 0.3) is 0 Å². The molecule has 0 spiro atoms. The highest BCUT2D eigenvalue weighted by molar-refractivity contribution is 7.61. The van der Waals surface area contributed by atoms with E-state index in [1.54, 1.807) is 0 Å². The molecule has 0 atom stereocenters. The minimum absolute atomic E-state index is 0.156. The van der Waals surface area contributed by atoms with Gasteiger partial charge in [-0.25, -0.2) is 0 Å². The molecule has 1 aliphatic carbocycles. The molecule has 1 saturated carbocycles. The van der Waals surface area contributed by atoms with E-state index in [1.165, 1.54) is 25.7 Å². The third-order valence-corrected chi connectivity index (χ3v) is 7.27. The van der Waals surface area contributed by atoms with E-state index in [0.29, 0.717) is 10.3 Å². The third kappa shape index (κ3) is 2.96. The lowest BCUT2D eigenvalue weighted by Gasteiger charge is -2.45. The van der Waals surface area contributed by atoms with Crippen LogP contribution in [0.25, 0.3) is 0 Å². The van der Waals surface area contributed by atoms with Gasteiger partial charge in [0.1, 0.15) is 0 Å². The highest BCUT2D eigenvalue weighted by Crippen LogP contribution is 2.65. The minimum Gasteiger partial charge on any atom is -0.0924 e. The highest BCUT2D eigenvalue weighted by atomic mass is 31.1. The van der Waals surface area contributed by atoms with E-state index >= 15 is 0 Å². The van der Waals surface area contributed by atoms with Crippen molar-refractivity contribution >= 4 is 7.92 Å². The monoisotopic (exact) mass is 214 g/mol. The zero-order valence-electron chi connectivity index (χ0n) is 10.9. The van der Waals surface area contributed by atoms with E-state index < -0.39 is 0 Å². The Kier molecular flexibility index (Phi) is 3.68. The summed E-state index contributed by atoms with van der Waals surface area (Å²) in [6.45, 7) is 14.7. The Labute approximate surface area is 91.6 Å². The van der Waals surface area contributed by atoms with Crippen LogP contribution in [0.15, 0.2) is 0 Å². The molecule has 1 aliphatic rings. The summed E-state index contributed by atoms with van der Waals surface area (Å²) in [5.41, 5.74) is 1.05. The average Bonchev–Trinajstić information content (AvgIpc) is 2.31. The van der Waals surface area contributed by atoms with Crippen LogP contribution in [0.4, 0.5) is 0 Å². The van der Waals surface area contributed by atoms with E-state index in [-0.39, 0.29) is 7.92 Å². The summed E-state index contributed by atoms with van der Waals surface area (Å²) < 4.78 is 0. The lowest BCUT2D eigenvalue weighted by molar-refractivity contribution is 0.676. The Morgan fingerprint density at radius 2 is 1.14 bits per heavy atom. The summed E-state index contributed by atoms with van der Waals surface area (Å²) in [6, 6.07) is 0. The summed E-state index contributed by atoms with van der Waals surface area (Å²) >= 11 is 0. The second-order valence-electron chi connectivity index (χ2n) is 6.65. The molecule has 0 radical (unpaired) electrons. The Hall–Kier alpha value is 0.430. The van der Waals surface area contributed by atoms with Gasteiger partial charge < -0.3 is 0 Å². The van der Waals surface area contributed by atoms with Crippen LogP contribution in [-0.4, -0.2) is 16.0 Å². The fraction of sp³-hybridized carbons (Fsp3) is 1.00. The fourth-order valence-corrected chi connectivity index (χ4v) is 8.35. The molecule has 1 rings (SSSR count). The van der Waals surface area contributed by atoms with Crippen molar-refractivity contribution in [2.24, 2.45) is 0 Å². The van der Waals surface area contributed by atoms with Crippen molar-refractivity contribution in [1.82, 2.24) is 0 Å². The molecule has 0 amide bonds. The number of hydrogen-bond acceptors (Lipinski definition) is 0. The molecule has 0 aromatic heterocycles. The molecule has 84 valence electrons. The average molecular weight is 214 g/mol. The van der Waals surface area contributed by atoms with E-state index in [4.69, 9.17) is 0 Å². The Balaban J connectivity index is 2.82. The highest BCUT2D eigenvalue weighted by Gasteiger charge is 2.40. The quantitative estimate of drug-likeness (QED) is 0.538. The van der Waals surface area contributed by atoms with Crippen LogP contribution in [0.3, 0.4) is 0 Å². The summed E-state index contributed by atoms with van der Waals surface area (Å²) in [5, 5.41) is 1.06. The molecule has 0 nitrogen and oxygen atoms in total. The van der Waals surface area contributed by atoms with Crippen LogP contribution >= 0.6 is 7.92 Å². The first-order chi connectivity index (χ1) is 6.23. The Bertz CT molecular complexity index is 162. The van der Waals surface area contributed by atoms with Crippen molar-refractivity contribution in [3.05, 3.63) is 0 Å². The third-order valence-electron chi connectivity index (χ3n) is 3.14. The van der Waals surface area contributed by atoms with Crippen LogP contribution in [0.1, 0.15) is 67.2 Å². The maximum atomic E-state index is 2.45. The molecule has 0 N–H and O–H groups in total. The van der Waals surface area contributed by atoms with Gasteiger partial charge in [-0.15, -0.1) is 0 Å². The lowest BCUT2D eigenvalue weighted by atomic mass is 10.2. The summed E-state index contributed by atoms with van der Waals surface area (Å²) in [5.74, 6) is 0. The maximum Gasteiger partial charge on any atom is -0.0172 e. The van der Waals surface area contributed by atoms with Gasteiger partial charge in [-0.3, -0.25) is 0 Å². The minimum atomic E-state index is 0.156. The molecule has 0 aliphatic heterocycles. The van der Waals surface area contributed by atoms with Crippen LogP contribution < -0.4 is 0 Å². The largest absolute Gasteiger partial charge is 0.0924 e. The smallest absolute Gasteiger partial charge is 0.0172 e. The van der Waals surface area contributed by atoms with Crippen molar-refractivity contribution in [2.45, 2.75) is 83.2 Å². The molecule has 0 bridgehead atoms. The predicted octanol–water partition coefficient (Wildman–Crippen LogP) is 5.01. The van der Waals surface area contributed by atoms with E-state index in [1.807, 2.05) is 0 Å². The van der Waals surface area contributed by atoms with Gasteiger partial charge in [0.05, 0.1) is 0 Å². The van der Waals surface area contributed by atoms with Gasteiger partial charge in [0.15, 0.2) is 0 Å². The Morgan fingerprint density at radius 3 is 1.43 bits per heavy atom. The molecular weight excluding hydrogens is 187 g/mol. The lowest BCUT2D eigenvalue weighted by Crippen LogP contribution is -2.30. The molecule has 0 unspecified atom stereocenters. The zero-order chi connectivity index (χ0) is 11.0. The molecule has 14 heavy (non-hydrogen) atoms. The van der Waals surface area contributed by atoms with Crippen LogP contribution in [-0.2, 0) is 0 Å². The van der Waals surface area contributed by atoms with Crippen molar-refractivity contribution in [3.63, 3.8) is 0 Å². The van der Waals surface area contributed by atoms with Crippen molar-refractivity contribution in [1.29, 1.82) is 0 Å². The first kappa shape index (κ1) is 12.5. The van der Waals surface area contributed by atoms with E-state index in [0.717, 1.165) is 5.66 Å². The molecule has 0 heterocycles. The van der Waals surface area contributed by atoms with E-state index in [2.05, 4.69) is 41.5 Å². The maximum absolute atomic E-state index is 2.45. The first-order valence-electron chi connectivity index (χ1n) is 6.02. The van der Waals surface area contributed by atoms with Crippen molar-refractivity contribution in [2.75, 3.05) is 0 Å². The molecule has 0 aromatic carbocycles. The molecule has 1 heteroatoms. The summed E-state index contributed by atoms with van der Waals surface area (Å²) in [7, 11) is 0.156. The molecule has 1 fully saturated rings. The standard InChI is InChI=1S/C13H27P/c1-12(2,3)14(13(4,5)6)11-9-7-8-10-11/h11H,7-10H2,1-6H3. The van der Waals surface area contributed by atoms with Crippen LogP contribution in [0.2, 0.25) is 0 Å². The SMILES string of the molecule is CC(C)(C)P(C1CCCC1)C(C)(C)C. The number of hydrogen-bond donors (Lipinski definition) is 0. The van der Waals surface area contributed by atoms with Crippen LogP contribution in [0, 0.1) is 0 Å². The fourth-order valence-electron chi connectivity index (χ4n) is 3.26. The number of rotatable bonds is 1. The predicted molar refractivity (Wildman–Crippen MR) is 68.7 cm³/mol. The molecule has 0 saturated heterocycles. The second kappa shape index (κ2) is 4.12. The van der Waals surface area contributed by atoms with Gasteiger partial charge in [0.2, 0.25) is 0 Å². The topological polar surface area (TPSA) is 0 Å². The van der Waals surface area contributed by atoms with Gasteiger partial charge in [0, 0.05) is 0 Å². The first-order valence-corrected chi connectivity index (χ1v) is 7.43. The van der Waals surface area contributed by atoms with Gasteiger partial charge in [-0.2, -0.15) is 0 Å². The van der Waals surface area contributed by atoms with Gasteiger partial charge >= 0.3 is 0 Å². The Morgan fingerprint density at radius 1 is 0.786 bits per heavy atom. The van der Waals surface area contributed by atoms with Crippen molar-refractivity contribution < 1.29 is 0 Å². The summed E-state index contributed by atoms with van der Waals surface area (Å²) in [4.78, 5) is 0. The zero-order valence-corrected chi connectivity index (χ0v) is 11.7. The normalized spacial score (nSPS) is 20.8. The van der Waals surface area contributed by atoms with Crippen molar-refractivity contribution in [3.8, 4) is 0 Å². The molecule has 0 aromatic rings.